The second-order valence-electron chi connectivity index (χ2n) is 4.41. The van der Waals surface area contributed by atoms with Crippen LogP contribution in [-0.2, 0) is 4.74 Å². The topological polar surface area (TPSA) is 82.6 Å². The molecule has 20 heavy (non-hydrogen) atoms. The highest BCUT2D eigenvalue weighted by molar-refractivity contribution is 7.19. The maximum absolute atomic E-state index is 12.1. The molecule has 2 N–H and O–H groups in total. The van der Waals surface area contributed by atoms with Gasteiger partial charge in [-0.15, -0.1) is 11.3 Å². The predicted molar refractivity (Wildman–Crippen MR) is 81.2 cm³/mol. The van der Waals surface area contributed by atoms with E-state index in [9.17, 15) is 10.1 Å². The molecule has 0 atom stereocenters. The molecule has 0 bridgehead atoms. The minimum atomic E-state index is -0.182. The molecule has 0 radical (unpaired) electrons. The smallest absolute Gasteiger partial charge is 0.265 e. The van der Waals surface area contributed by atoms with E-state index in [2.05, 4.69) is 6.07 Å². The number of rotatable bonds is 6. The Kier molecular flexibility index (Phi) is 5.80. The molecular weight excluding hydrogens is 276 g/mol. The molecule has 0 aliphatic heterocycles. The maximum atomic E-state index is 12.1. The Morgan fingerprint density at radius 2 is 2.15 bits per heavy atom. The van der Waals surface area contributed by atoms with Crippen molar-refractivity contribution < 1.29 is 9.53 Å². The van der Waals surface area contributed by atoms with Crippen LogP contribution >= 0.6 is 11.3 Å². The lowest BCUT2D eigenvalue weighted by Crippen LogP contribution is -2.26. The number of amides is 1. The molecule has 0 saturated heterocycles. The molecule has 1 rings (SSSR count). The molecule has 110 valence electrons. The van der Waals surface area contributed by atoms with Crippen LogP contribution in [0.15, 0.2) is 0 Å². The summed E-state index contributed by atoms with van der Waals surface area (Å²) >= 11 is 1.26. The zero-order valence-electron chi connectivity index (χ0n) is 12.3. The molecule has 0 aliphatic rings. The van der Waals surface area contributed by atoms with Crippen molar-refractivity contribution in [2.24, 2.45) is 0 Å². The van der Waals surface area contributed by atoms with Crippen molar-refractivity contribution in [3.05, 3.63) is 10.4 Å². The Morgan fingerprint density at radius 1 is 1.50 bits per heavy atom. The van der Waals surface area contributed by atoms with Crippen LogP contribution in [0.2, 0.25) is 0 Å². The highest BCUT2D eigenvalue weighted by atomic mass is 32.1. The van der Waals surface area contributed by atoms with Crippen LogP contribution in [-0.4, -0.2) is 51.7 Å². The molecule has 0 saturated carbocycles. The van der Waals surface area contributed by atoms with E-state index in [1.165, 1.54) is 16.2 Å². The van der Waals surface area contributed by atoms with Gasteiger partial charge >= 0.3 is 0 Å². The zero-order chi connectivity index (χ0) is 15.3. The first-order valence-electron chi connectivity index (χ1n) is 6.25. The lowest BCUT2D eigenvalue weighted by atomic mass is 10.2. The lowest BCUT2D eigenvalue weighted by molar-refractivity contribution is 0.0833. The van der Waals surface area contributed by atoms with Crippen molar-refractivity contribution in [3.8, 4) is 6.07 Å². The van der Waals surface area contributed by atoms with Crippen LogP contribution in [0.25, 0.3) is 0 Å². The van der Waals surface area contributed by atoms with Crippen molar-refractivity contribution in [1.82, 2.24) is 4.90 Å². The first kappa shape index (κ1) is 16.3. The fraction of sp³-hybridized carbons (Fsp3) is 0.538. The molecule has 1 aromatic heterocycles. The minimum absolute atomic E-state index is 0.182. The number of hydrogen-bond acceptors (Lipinski definition) is 6. The van der Waals surface area contributed by atoms with Crippen LogP contribution in [0.3, 0.4) is 0 Å². The van der Waals surface area contributed by atoms with Gasteiger partial charge < -0.3 is 20.3 Å². The molecule has 6 nitrogen and oxygen atoms in total. The molecule has 7 heteroatoms. The highest BCUT2D eigenvalue weighted by Gasteiger charge is 2.24. The average Bonchev–Trinajstić information content (AvgIpc) is 2.75. The van der Waals surface area contributed by atoms with Crippen molar-refractivity contribution in [3.63, 3.8) is 0 Å². The van der Waals surface area contributed by atoms with E-state index >= 15 is 0 Å². The molecule has 1 heterocycles. The number of likely N-dealkylation sites (N-methyl/N-ethyl adjacent to an activating group) is 1. The standard InChI is InChI=1S/C13H20N4O2S/c1-5-17(6-7-19-4)13-9(8-14)10(15)11(20-13)12(18)16(2)3/h5-7,15H2,1-4H3. The quantitative estimate of drug-likeness (QED) is 0.857. The second kappa shape index (κ2) is 7.12. The largest absolute Gasteiger partial charge is 0.396 e. The fourth-order valence-corrected chi connectivity index (χ4v) is 3.01. The van der Waals surface area contributed by atoms with Crippen molar-refractivity contribution >= 4 is 27.9 Å². The van der Waals surface area contributed by atoms with Gasteiger partial charge in [0.15, 0.2) is 0 Å². The van der Waals surface area contributed by atoms with Gasteiger partial charge in [0.05, 0.1) is 12.3 Å². The van der Waals surface area contributed by atoms with Gasteiger partial charge in [-0.3, -0.25) is 4.79 Å². The summed E-state index contributed by atoms with van der Waals surface area (Å²) in [4.78, 5) is 15.9. The Hall–Kier alpha value is -1.78. The third-order valence-corrected chi connectivity index (χ3v) is 4.13. The molecule has 0 unspecified atom stereocenters. The van der Waals surface area contributed by atoms with E-state index < -0.39 is 0 Å². The van der Waals surface area contributed by atoms with E-state index in [-0.39, 0.29) is 11.6 Å². The van der Waals surface area contributed by atoms with Gasteiger partial charge in [0, 0.05) is 34.3 Å². The Labute approximate surface area is 123 Å². The Balaban J connectivity index is 3.23. The first-order valence-corrected chi connectivity index (χ1v) is 7.07. The van der Waals surface area contributed by atoms with Gasteiger partial charge in [-0.1, -0.05) is 0 Å². The van der Waals surface area contributed by atoms with E-state index in [0.717, 1.165) is 5.00 Å². The number of nitriles is 1. The Morgan fingerprint density at radius 3 is 2.60 bits per heavy atom. The summed E-state index contributed by atoms with van der Waals surface area (Å²) in [7, 11) is 4.95. The van der Waals surface area contributed by atoms with E-state index in [4.69, 9.17) is 10.5 Å². The van der Waals surface area contributed by atoms with Crippen LogP contribution in [0.5, 0.6) is 0 Å². The summed E-state index contributed by atoms with van der Waals surface area (Å²) in [5, 5.41) is 10.0. The van der Waals surface area contributed by atoms with Crippen molar-refractivity contribution in [1.29, 1.82) is 5.26 Å². The SMILES string of the molecule is CCN(CCOC)c1sc(C(=O)N(C)C)c(N)c1C#N. The number of nitrogens with two attached hydrogens (primary N) is 1. The zero-order valence-corrected chi connectivity index (χ0v) is 13.1. The van der Waals surface area contributed by atoms with Gasteiger partial charge in [0.25, 0.3) is 5.91 Å². The number of hydrogen-bond donors (Lipinski definition) is 1. The number of nitrogen functional groups attached to an aromatic ring is 1. The van der Waals surface area contributed by atoms with Crippen LogP contribution < -0.4 is 10.6 Å². The number of anilines is 2. The summed E-state index contributed by atoms with van der Waals surface area (Å²) in [5.41, 5.74) is 6.60. The normalized spacial score (nSPS) is 10.2. The molecule has 0 aromatic carbocycles. The number of methoxy groups -OCH3 is 1. The van der Waals surface area contributed by atoms with Gasteiger partial charge in [-0.25, -0.2) is 0 Å². The third kappa shape index (κ3) is 3.21. The van der Waals surface area contributed by atoms with Gasteiger partial charge in [0.2, 0.25) is 0 Å². The molecule has 0 aliphatic carbocycles. The van der Waals surface area contributed by atoms with E-state index in [1.54, 1.807) is 21.2 Å². The number of thiophene rings is 1. The summed E-state index contributed by atoms with van der Waals surface area (Å²) < 4.78 is 5.07. The summed E-state index contributed by atoms with van der Waals surface area (Å²) in [5.74, 6) is -0.182. The maximum Gasteiger partial charge on any atom is 0.265 e. The average molecular weight is 296 g/mol. The molecule has 0 fully saturated rings. The van der Waals surface area contributed by atoms with Crippen molar-refractivity contribution in [2.45, 2.75) is 6.92 Å². The number of carbonyl (C=O) groups is 1. The number of ether oxygens (including phenoxy) is 1. The second-order valence-corrected chi connectivity index (χ2v) is 5.41. The van der Waals surface area contributed by atoms with E-state index in [1.807, 2.05) is 11.8 Å². The first-order chi connectivity index (χ1) is 9.47. The fourth-order valence-electron chi connectivity index (χ4n) is 1.73. The van der Waals surface area contributed by atoms with Gasteiger partial charge in [0.1, 0.15) is 21.5 Å². The summed E-state index contributed by atoms with van der Waals surface area (Å²) in [6.45, 7) is 3.90. The van der Waals surface area contributed by atoms with Crippen LogP contribution in [0.4, 0.5) is 10.7 Å². The molecule has 1 aromatic rings. The van der Waals surface area contributed by atoms with Gasteiger partial charge in [-0.05, 0) is 6.92 Å². The van der Waals surface area contributed by atoms with Crippen LogP contribution in [0, 0.1) is 11.3 Å². The molecule has 1 amide bonds. The summed E-state index contributed by atoms with van der Waals surface area (Å²) in [6, 6.07) is 2.10. The monoisotopic (exact) mass is 296 g/mol. The van der Waals surface area contributed by atoms with E-state index in [0.29, 0.717) is 30.1 Å². The van der Waals surface area contributed by atoms with Gasteiger partial charge in [-0.2, -0.15) is 5.26 Å². The summed E-state index contributed by atoms with van der Waals surface area (Å²) in [6.07, 6.45) is 0. The minimum Gasteiger partial charge on any atom is -0.396 e. The Bertz CT molecular complexity index is 519. The van der Waals surface area contributed by atoms with Crippen LogP contribution in [0.1, 0.15) is 22.2 Å². The number of carbonyl (C=O) groups excluding carboxylic acids is 1. The number of nitrogens with zero attached hydrogens (tertiary/aromatic N) is 3. The highest BCUT2D eigenvalue weighted by Crippen LogP contribution is 2.38. The predicted octanol–water partition coefficient (Wildman–Crippen LogP) is 1.38. The molecular formula is C13H20N4O2S. The van der Waals surface area contributed by atoms with Crippen molar-refractivity contribution in [2.75, 3.05) is 51.5 Å². The lowest BCUT2D eigenvalue weighted by Gasteiger charge is -2.21. The molecule has 0 spiro atoms. The third-order valence-electron chi connectivity index (χ3n) is 2.87.